The lowest BCUT2D eigenvalue weighted by Gasteiger charge is -2.19. The number of nitrogens with zero attached hydrogens (tertiary/aromatic N) is 1. The van der Waals surface area contributed by atoms with E-state index in [0.29, 0.717) is 0 Å². The molecule has 0 atom stereocenters. The minimum Gasteiger partial charge on any atom is -0.492 e. The predicted molar refractivity (Wildman–Crippen MR) is 83.5 cm³/mol. The normalized spacial score (nSPS) is 16.5. The largest absolute Gasteiger partial charge is 0.492 e. The first-order chi connectivity index (χ1) is 8.88. The lowest BCUT2D eigenvalue weighted by Crippen LogP contribution is -2.29. The fourth-order valence-corrected chi connectivity index (χ4v) is 2.51. The van der Waals surface area contributed by atoms with Crippen LogP contribution in [0.3, 0.4) is 0 Å². The number of likely N-dealkylation sites (tertiary alicyclic amines) is 1. The Hall–Kier alpha value is -0.730. The standard InChI is InChI=1S/C16H25NO.ClH/c1-2-15-8-7-9-16(14-15)18-13-12-17-10-5-3-4-6-11-17;/h7-9,14H,2-6,10-13H2,1H3;1H. The zero-order valence-corrected chi connectivity index (χ0v) is 12.8. The Morgan fingerprint density at radius 1 is 1.11 bits per heavy atom. The molecule has 1 aromatic rings. The maximum absolute atomic E-state index is 5.85. The molecule has 0 amide bonds. The molecule has 0 bridgehead atoms. The molecule has 0 saturated carbocycles. The molecule has 3 heteroatoms. The van der Waals surface area contributed by atoms with Crippen molar-refractivity contribution in [2.45, 2.75) is 39.0 Å². The van der Waals surface area contributed by atoms with Crippen LogP contribution < -0.4 is 4.74 Å². The molecular weight excluding hydrogens is 258 g/mol. The Kier molecular flexibility index (Phi) is 7.92. The number of benzene rings is 1. The first-order valence-electron chi connectivity index (χ1n) is 7.32. The Morgan fingerprint density at radius 2 is 1.84 bits per heavy atom. The summed E-state index contributed by atoms with van der Waals surface area (Å²) < 4.78 is 5.85. The molecule has 0 N–H and O–H groups in total. The van der Waals surface area contributed by atoms with Crippen molar-refractivity contribution < 1.29 is 4.74 Å². The third kappa shape index (κ3) is 5.84. The lowest BCUT2D eigenvalue weighted by molar-refractivity contribution is 0.214. The van der Waals surface area contributed by atoms with E-state index in [4.69, 9.17) is 4.74 Å². The second kappa shape index (κ2) is 9.22. The summed E-state index contributed by atoms with van der Waals surface area (Å²) in [4.78, 5) is 2.54. The highest BCUT2D eigenvalue weighted by molar-refractivity contribution is 5.85. The van der Waals surface area contributed by atoms with Gasteiger partial charge in [0.15, 0.2) is 0 Å². The van der Waals surface area contributed by atoms with Gasteiger partial charge in [-0.05, 0) is 50.0 Å². The molecule has 2 rings (SSSR count). The van der Waals surface area contributed by atoms with Crippen molar-refractivity contribution in [2.75, 3.05) is 26.2 Å². The smallest absolute Gasteiger partial charge is 0.119 e. The van der Waals surface area contributed by atoms with Crippen molar-refractivity contribution in [1.82, 2.24) is 4.90 Å². The molecule has 1 heterocycles. The van der Waals surface area contributed by atoms with E-state index in [1.807, 2.05) is 0 Å². The van der Waals surface area contributed by atoms with E-state index in [0.717, 1.165) is 25.3 Å². The zero-order chi connectivity index (χ0) is 12.6. The number of aryl methyl sites for hydroxylation is 1. The minimum atomic E-state index is 0. The van der Waals surface area contributed by atoms with Crippen molar-refractivity contribution in [3.8, 4) is 5.75 Å². The summed E-state index contributed by atoms with van der Waals surface area (Å²) in [5.41, 5.74) is 1.35. The summed E-state index contributed by atoms with van der Waals surface area (Å²) in [6.45, 7) is 6.55. The highest BCUT2D eigenvalue weighted by Crippen LogP contribution is 2.14. The van der Waals surface area contributed by atoms with E-state index in [2.05, 4.69) is 36.1 Å². The van der Waals surface area contributed by atoms with Gasteiger partial charge in [-0.2, -0.15) is 0 Å². The average Bonchev–Trinajstić information content (AvgIpc) is 2.68. The van der Waals surface area contributed by atoms with Crippen LogP contribution >= 0.6 is 12.4 Å². The number of hydrogen-bond donors (Lipinski definition) is 0. The number of ether oxygens (including phenoxy) is 1. The summed E-state index contributed by atoms with van der Waals surface area (Å²) in [5.74, 6) is 1.02. The molecule has 0 aliphatic carbocycles. The highest BCUT2D eigenvalue weighted by Gasteiger charge is 2.08. The van der Waals surface area contributed by atoms with E-state index < -0.39 is 0 Å². The van der Waals surface area contributed by atoms with Crippen molar-refractivity contribution in [2.24, 2.45) is 0 Å². The molecule has 1 aromatic carbocycles. The monoisotopic (exact) mass is 283 g/mol. The summed E-state index contributed by atoms with van der Waals surface area (Å²) in [5, 5.41) is 0. The average molecular weight is 284 g/mol. The van der Waals surface area contributed by atoms with Crippen molar-refractivity contribution in [3.63, 3.8) is 0 Å². The van der Waals surface area contributed by atoms with Crippen LogP contribution in [0.1, 0.15) is 38.2 Å². The highest BCUT2D eigenvalue weighted by atomic mass is 35.5. The Labute approximate surface area is 123 Å². The molecule has 1 fully saturated rings. The molecule has 0 unspecified atom stereocenters. The fraction of sp³-hybridized carbons (Fsp3) is 0.625. The Balaban J connectivity index is 0.00000180. The van der Waals surface area contributed by atoms with Crippen LogP contribution in [-0.2, 0) is 6.42 Å². The second-order valence-corrected chi connectivity index (χ2v) is 5.11. The summed E-state index contributed by atoms with van der Waals surface area (Å²) in [6, 6.07) is 8.45. The number of hydrogen-bond acceptors (Lipinski definition) is 2. The summed E-state index contributed by atoms with van der Waals surface area (Å²) in [7, 11) is 0. The van der Waals surface area contributed by atoms with Crippen LogP contribution in [0, 0.1) is 0 Å². The van der Waals surface area contributed by atoms with Gasteiger partial charge in [0.2, 0.25) is 0 Å². The molecule has 108 valence electrons. The molecule has 0 spiro atoms. The molecule has 2 nitrogen and oxygen atoms in total. The first-order valence-corrected chi connectivity index (χ1v) is 7.32. The van der Waals surface area contributed by atoms with Gasteiger partial charge in [0.05, 0.1) is 0 Å². The molecule has 0 radical (unpaired) electrons. The maximum atomic E-state index is 5.85. The van der Waals surface area contributed by atoms with Gasteiger partial charge in [-0.25, -0.2) is 0 Å². The first kappa shape index (κ1) is 16.3. The third-order valence-electron chi connectivity index (χ3n) is 3.68. The van der Waals surface area contributed by atoms with Crippen LogP contribution in [0.25, 0.3) is 0 Å². The molecule has 1 aliphatic heterocycles. The second-order valence-electron chi connectivity index (χ2n) is 5.11. The molecule has 1 aliphatic rings. The van der Waals surface area contributed by atoms with Crippen LogP contribution in [0.4, 0.5) is 0 Å². The maximum Gasteiger partial charge on any atom is 0.119 e. The lowest BCUT2D eigenvalue weighted by atomic mass is 10.2. The molecule has 0 aromatic heterocycles. The van der Waals surface area contributed by atoms with Crippen LogP contribution in [0.2, 0.25) is 0 Å². The van der Waals surface area contributed by atoms with Gasteiger partial charge < -0.3 is 4.74 Å². The third-order valence-corrected chi connectivity index (χ3v) is 3.68. The summed E-state index contributed by atoms with van der Waals surface area (Å²) in [6.07, 6.45) is 6.58. The SMILES string of the molecule is CCc1cccc(OCCN2CCCCCC2)c1.Cl. The van der Waals surface area contributed by atoms with E-state index in [1.165, 1.54) is 44.3 Å². The Morgan fingerprint density at radius 3 is 2.53 bits per heavy atom. The van der Waals surface area contributed by atoms with Crippen molar-refractivity contribution >= 4 is 12.4 Å². The van der Waals surface area contributed by atoms with Gasteiger partial charge in [0.1, 0.15) is 12.4 Å². The minimum absolute atomic E-state index is 0. The van der Waals surface area contributed by atoms with Crippen LogP contribution in [0.5, 0.6) is 5.75 Å². The van der Waals surface area contributed by atoms with Crippen molar-refractivity contribution in [1.29, 1.82) is 0 Å². The van der Waals surface area contributed by atoms with Crippen molar-refractivity contribution in [3.05, 3.63) is 29.8 Å². The van der Waals surface area contributed by atoms with Gasteiger partial charge in [-0.3, -0.25) is 4.90 Å². The quantitative estimate of drug-likeness (QED) is 0.812. The van der Waals surface area contributed by atoms with Gasteiger partial charge in [0, 0.05) is 6.54 Å². The topological polar surface area (TPSA) is 12.5 Å². The van der Waals surface area contributed by atoms with E-state index in [9.17, 15) is 0 Å². The molecule has 19 heavy (non-hydrogen) atoms. The van der Waals surface area contributed by atoms with E-state index >= 15 is 0 Å². The molecule has 1 saturated heterocycles. The van der Waals surface area contributed by atoms with Crippen LogP contribution in [0.15, 0.2) is 24.3 Å². The van der Waals surface area contributed by atoms with Gasteiger partial charge >= 0.3 is 0 Å². The number of rotatable bonds is 5. The van der Waals surface area contributed by atoms with Gasteiger partial charge in [-0.1, -0.05) is 31.9 Å². The fourth-order valence-electron chi connectivity index (χ4n) is 2.51. The predicted octanol–water partition coefficient (Wildman–Crippen LogP) is 3.93. The Bertz CT molecular complexity index is 348. The zero-order valence-electron chi connectivity index (χ0n) is 11.9. The van der Waals surface area contributed by atoms with Gasteiger partial charge in [-0.15, -0.1) is 12.4 Å². The number of halogens is 1. The van der Waals surface area contributed by atoms with E-state index in [1.54, 1.807) is 0 Å². The van der Waals surface area contributed by atoms with E-state index in [-0.39, 0.29) is 12.4 Å². The summed E-state index contributed by atoms with van der Waals surface area (Å²) >= 11 is 0. The van der Waals surface area contributed by atoms with Gasteiger partial charge in [0.25, 0.3) is 0 Å². The molecular formula is C16H26ClNO. The van der Waals surface area contributed by atoms with Crippen LogP contribution in [-0.4, -0.2) is 31.1 Å².